The maximum atomic E-state index is 13.3. The lowest BCUT2D eigenvalue weighted by molar-refractivity contribution is -0.139. The molecular weight excluding hydrogens is 438 g/mol. The van der Waals surface area contributed by atoms with Crippen LogP contribution in [0.3, 0.4) is 0 Å². The first-order valence-corrected chi connectivity index (χ1v) is 12.2. The number of nitrogens with one attached hydrogen (secondary N) is 1. The van der Waals surface area contributed by atoms with E-state index in [4.69, 9.17) is 0 Å². The molecule has 2 saturated heterocycles. The third-order valence-corrected chi connectivity index (χ3v) is 7.56. The summed E-state index contributed by atoms with van der Waals surface area (Å²) in [5.74, 6) is -1.01. The minimum atomic E-state index is -0.353. The van der Waals surface area contributed by atoms with Crippen LogP contribution in [0.25, 0.3) is 0 Å². The zero-order valence-corrected chi connectivity index (χ0v) is 19.4. The van der Waals surface area contributed by atoms with Crippen LogP contribution in [0.4, 0.5) is 10.8 Å². The molecule has 2 atom stereocenters. The highest BCUT2D eigenvalue weighted by atomic mass is 32.1. The van der Waals surface area contributed by atoms with Crippen molar-refractivity contribution < 1.29 is 14.4 Å². The van der Waals surface area contributed by atoms with Crippen LogP contribution in [0, 0.1) is 18.8 Å². The summed E-state index contributed by atoms with van der Waals surface area (Å²) in [5, 5.41) is 4.36. The number of anilines is 2. The maximum Gasteiger partial charge on any atom is 0.253 e. The Balaban J connectivity index is 1.31. The second-order valence-electron chi connectivity index (χ2n) is 8.76. The standard InChI is InChI=1S/C24H27N5O3S/c1-16-15-33-24(25-16)28-11-5-10-27(12-13-28)22(31)17-6-4-7-18(14-17)29-23(32)20-9-3-2-8-19(20)21(30)26-29/h2-4,6-7,14-15,19-20H,5,8-13H2,1H3,(H,26,30). The number of carbonyl (C=O) groups excluding carboxylic acids is 3. The Morgan fingerprint density at radius 1 is 1.09 bits per heavy atom. The van der Waals surface area contributed by atoms with Crippen molar-refractivity contribution in [2.45, 2.75) is 26.2 Å². The minimum Gasteiger partial charge on any atom is -0.346 e. The molecule has 1 aliphatic carbocycles. The summed E-state index contributed by atoms with van der Waals surface area (Å²) in [7, 11) is 0. The van der Waals surface area contributed by atoms with Gasteiger partial charge in [-0.3, -0.25) is 19.8 Å². The number of rotatable bonds is 3. The van der Waals surface area contributed by atoms with Gasteiger partial charge in [0, 0.05) is 37.1 Å². The van der Waals surface area contributed by atoms with E-state index in [0.29, 0.717) is 37.2 Å². The lowest BCUT2D eigenvalue weighted by atomic mass is 9.80. The fourth-order valence-electron chi connectivity index (χ4n) is 4.74. The van der Waals surface area contributed by atoms with Crippen LogP contribution in [-0.4, -0.2) is 53.8 Å². The quantitative estimate of drug-likeness (QED) is 0.705. The molecule has 1 N–H and O–H groups in total. The number of hydrogen-bond acceptors (Lipinski definition) is 6. The van der Waals surface area contributed by atoms with Crippen molar-refractivity contribution in [3.05, 3.63) is 53.1 Å². The number of aromatic nitrogens is 1. The summed E-state index contributed by atoms with van der Waals surface area (Å²) >= 11 is 1.63. The van der Waals surface area contributed by atoms with Crippen LogP contribution in [-0.2, 0) is 9.59 Å². The lowest BCUT2D eigenvalue weighted by Gasteiger charge is -2.38. The lowest BCUT2D eigenvalue weighted by Crippen LogP contribution is -2.59. The van der Waals surface area contributed by atoms with E-state index in [0.717, 1.165) is 30.3 Å². The maximum absolute atomic E-state index is 13.3. The number of nitrogens with zero attached hydrogens (tertiary/aromatic N) is 4. The zero-order chi connectivity index (χ0) is 22.9. The average molecular weight is 466 g/mol. The third-order valence-electron chi connectivity index (χ3n) is 6.54. The Bertz CT molecular complexity index is 1110. The first-order valence-electron chi connectivity index (χ1n) is 11.4. The van der Waals surface area contributed by atoms with Crippen LogP contribution in [0.5, 0.6) is 0 Å². The van der Waals surface area contributed by atoms with Crippen molar-refractivity contribution in [2.75, 3.05) is 36.1 Å². The van der Waals surface area contributed by atoms with Crippen molar-refractivity contribution in [1.82, 2.24) is 15.3 Å². The number of allylic oxidation sites excluding steroid dienone is 2. The SMILES string of the molecule is Cc1csc(N2CCCN(C(=O)c3cccc(N4NC(=O)C5CC=CCC5C4=O)c3)CC2)n1. The van der Waals surface area contributed by atoms with Gasteiger partial charge in [0.25, 0.3) is 5.91 Å². The molecule has 3 heterocycles. The van der Waals surface area contributed by atoms with Gasteiger partial charge in [0.1, 0.15) is 0 Å². The molecule has 2 aromatic rings. The molecule has 0 radical (unpaired) electrons. The van der Waals surface area contributed by atoms with E-state index in [2.05, 4.69) is 15.3 Å². The summed E-state index contributed by atoms with van der Waals surface area (Å²) in [6, 6.07) is 6.98. The molecule has 2 aliphatic heterocycles. The summed E-state index contributed by atoms with van der Waals surface area (Å²) < 4.78 is 0. The molecule has 0 spiro atoms. The molecule has 0 bridgehead atoms. The zero-order valence-electron chi connectivity index (χ0n) is 18.6. The molecule has 1 aromatic heterocycles. The predicted octanol–water partition coefficient (Wildman–Crippen LogP) is 2.76. The number of fused-ring (bicyclic) bond motifs is 1. The van der Waals surface area contributed by atoms with E-state index in [-0.39, 0.29) is 29.6 Å². The van der Waals surface area contributed by atoms with Crippen molar-refractivity contribution in [3.8, 4) is 0 Å². The average Bonchev–Trinajstić information content (AvgIpc) is 3.12. The van der Waals surface area contributed by atoms with Crippen molar-refractivity contribution in [3.63, 3.8) is 0 Å². The van der Waals surface area contributed by atoms with E-state index in [1.165, 1.54) is 5.01 Å². The molecular formula is C24H27N5O3S. The Morgan fingerprint density at radius 3 is 2.70 bits per heavy atom. The van der Waals surface area contributed by atoms with Gasteiger partial charge in [-0.1, -0.05) is 18.2 Å². The molecule has 0 saturated carbocycles. The molecule has 8 nitrogen and oxygen atoms in total. The van der Waals surface area contributed by atoms with Gasteiger partial charge in [-0.25, -0.2) is 9.99 Å². The highest BCUT2D eigenvalue weighted by molar-refractivity contribution is 7.13. The first kappa shape index (κ1) is 21.6. The molecule has 9 heteroatoms. The first-order chi connectivity index (χ1) is 16.0. The molecule has 3 aliphatic rings. The van der Waals surface area contributed by atoms with Gasteiger partial charge in [0.15, 0.2) is 5.13 Å². The summed E-state index contributed by atoms with van der Waals surface area (Å²) in [4.78, 5) is 47.6. The van der Waals surface area contributed by atoms with Crippen LogP contribution >= 0.6 is 11.3 Å². The van der Waals surface area contributed by atoms with Crippen LogP contribution in [0.2, 0.25) is 0 Å². The van der Waals surface area contributed by atoms with E-state index in [1.54, 1.807) is 35.6 Å². The number of hydrazine groups is 1. The van der Waals surface area contributed by atoms with E-state index in [9.17, 15) is 14.4 Å². The van der Waals surface area contributed by atoms with Crippen LogP contribution in [0.1, 0.15) is 35.3 Å². The molecule has 172 valence electrons. The smallest absolute Gasteiger partial charge is 0.253 e. The minimum absolute atomic E-state index is 0.0664. The van der Waals surface area contributed by atoms with Crippen LogP contribution < -0.4 is 15.3 Å². The fraction of sp³-hybridized carbons (Fsp3) is 0.417. The second-order valence-corrected chi connectivity index (χ2v) is 9.60. The number of amides is 3. The summed E-state index contributed by atoms with van der Waals surface area (Å²) in [6.45, 7) is 4.86. The normalized spacial score (nSPS) is 23.2. The highest BCUT2D eigenvalue weighted by Gasteiger charge is 2.42. The van der Waals surface area contributed by atoms with Gasteiger partial charge in [-0.2, -0.15) is 0 Å². The Kier molecular flexibility index (Phi) is 5.88. The largest absolute Gasteiger partial charge is 0.346 e. The summed E-state index contributed by atoms with van der Waals surface area (Å²) in [6.07, 6.45) is 5.93. The van der Waals surface area contributed by atoms with Gasteiger partial charge in [0.05, 0.1) is 23.2 Å². The number of carbonyl (C=O) groups is 3. The van der Waals surface area contributed by atoms with Gasteiger partial charge in [-0.05, 0) is 44.4 Å². The molecule has 1 aromatic carbocycles. The van der Waals surface area contributed by atoms with Gasteiger partial charge in [0.2, 0.25) is 11.8 Å². The highest BCUT2D eigenvalue weighted by Crippen LogP contribution is 2.32. The van der Waals surface area contributed by atoms with E-state index >= 15 is 0 Å². The van der Waals surface area contributed by atoms with Gasteiger partial charge in [-0.15, -0.1) is 11.3 Å². The Labute approximate surface area is 196 Å². The Morgan fingerprint density at radius 2 is 1.91 bits per heavy atom. The monoisotopic (exact) mass is 465 g/mol. The third kappa shape index (κ3) is 4.25. The Hall–Kier alpha value is -3.20. The number of benzene rings is 1. The molecule has 33 heavy (non-hydrogen) atoms. The van der Waals surface area contributed by atoms with E-state index < -0.39 is 0 Å². The van der Waals surface area contributed by atoms with Crippen molar-refractivity contribution in [2.24, 2.45) is 11.8 Å². The van der Waals surface area contributed by atoms with Crippen molar-refractivity contribution in [1.29, 1.82) is 0 Å². The summed E-state index contributed by atoms with van der Waals surface area (Å²) in [5.41, 5.74) is 4.78. The van der Waals surface area contributed by atoms with Crippen LogP contribution in [0.15, 0.2) is 41.8 Å². The molecule has 2 fully saturated rings. The predicted molar refractivity (Wildman–Crippen MR) is 127 cm³/mol. The molecule has 3 amide bonds. The fourth-order valence-corrected chi connectivity index (χ4v) is 5.60. The van der Waals surface area contributed by atoms with Crippen molar-refractivity contribution >= 4 is 39.9 Å². The van der Waals surface area contributed by atoms with E-state index in [1.807, 2.05) is 29.4 Å². The number of aryl methyl sites for hydroxylation is 1. The molecule has 2 unspecified atom stereocenters. The topological polar surface area (TPSA) is 85.9 Å². The second kappa shape index (κ2) is 8.97. The number of hydrogen-bond donors (Lipinski definition) is 1. The van der Waals surface area contributed by atoms with Gasteiger partial charge < -0.3 is 9.80 Å². The van der Waals surface area contributed by atoms with Gasteiger partial charge >= 0.3 is 0 Å². The molecule has 5 rings (SSSR count). The number of thiazole rings is 1.